The number of ether oxygens (including phenoxy) is 1. The molecule has 0 radical (unpaired) electrons. The lowest BCUT2D eigenvalue weighted by molar-refractivity contribution is -0.121. The van der Waals surface area contributed by atoms with Crippen molar-refractivity contribution < 1.29 is 14.3 Å². The summed E-state index contributed by atoms with van der Waals surface area (Å²) < 4.78 is 5.39. The van der Waals surface area contributed by atoms with Gasteiger partial charge in [-0.1, -0.05) is 38.5 Å². The quantitative estimate of drug-likeness (QED) is 0.684. The van der Waals surface area contributed by atoms with E-state index in [0.29, 0.717) is 6.42 Å². The Morgan fingerprint density at radius 3 is 2.68 bits per heavy atom. The number of nitrogens with zero attached hydrogens (tertiary/aromatic N) is 2. The Morgan fingerprint density at radius 1 is 1.26 bits per heavy atom. The molecule has 6 heteroatoms. The van der Waals surface area contributed by atoms with E-state index in [-0.39, 0.29) is 11.9 Å². The van der Waals surface area contributed by atoms with Crippen LogP contribution in [0, 0.1) is 0 Å². The number of alkyl carbamates (subject to hydrolysis) is 1. The van der Waals surface area contributed by atoms with Gasteiger partial charge in [0.1, 0.15) is 11.6 Å². The molecule has 1 aromatic carbocycles. The minimum Gasteiger partial charge on any atom is -0.444 e. The lowest BCUT2D eigenvalue weighted by Crippen LogP contribution is -2.56. The summed E-state index contributed by atoms with van der Waals surface area (Å²) in [5.41, 5.74) is 3.81. The summed E-state index contributed by atoms with van der Waals surface area (Å²) in [4.78, 5) is 32.7. The molecule has 2 atom stereocenters. The second-order valence-electron chi connectivity index (χ2n) is 9.33. The van der Waals surface area contributed by atoms with Crippen LogP contribution in [0.3, 0.4) is 0 Å². The molecule has 3 rings (SSSR count). The fraction of sp³-hybridized carbons (Fsp3) is 0.560. The molecule has 2 aliphatic heterocycles. The topological polar surface area (TPSA) is 71.0 Å². The lowest BCUT2D eigenvalue weighted by Gasteiger charge is -2.39. The number of hydrogen-bond donors (Lipinski definition) is 1. The number of fused-ring (bicyclic) bond motifs is 1. The second-order valence-corrected chi connectivity index (χ2v) is 9.33. The Balaban J connectivity index is 1.86. The van der Waals surface area contributed by atoms with E-state index in [1.54, 1.807) is 0 Å². The van der Waals surface area contributed by atoms with Crippen LogP contribution in [0.1, 0.15) is 72.3 Å². The van der Waals surface area contributed by atoms with Crippen LogP contribution in [0.15, 0.2) is 41.0 Å². The van der Waals surface area contributed by atoms with E-state index in [4.69, 9.17) is 9.73 Å². The van der Waals surface area contributed by atoms with E-state index >= 15 is 0 Å². The number of allylic oxidation sites excluding steroid dienone is 1. The molecule has 0 spiro atoms. The zero-order valence-electron chi connectivity index (χ0n) is 19.4. The van der Waals surface area contributed by atoms with E-state index in [1.807, 2.05) is 57.0 Å². The molecule has 2 heterocycles. The smallest absolute Gasteiger partial charge is 0.408 e. The average Bonchev–Trinajstić information content (AvgIpc) is 3.18. The normalized spacial score (nSPS) is 19.3. The molecule has 0 saturated carbocycles. The Kier molecular flexibility index (Phi) is 7.19. The molecule has 2 amide bonds. The zero-order valence-corrected chi connectivity index (χ0v) is 19.4. The van der Waals surface area contributed by atoms with Crippen molar-refractivity contribution in [2.75, 3.05) is 4.90 Å². The molecule has 0 aromatic heterocycles. The highest BCUT2D eigenvalue weighted by Crippen LogP contribution is 2.34. The van der Waals surface area contributed by atoms with Gasteiger partial charge in [-0.25, -0.2) is 4.79 Å². The first-order valence-corrected chi connectivity index (χ1v) is 11.4. The maximum atomic E-state index is 13.8. The maximum absolute atomic E-state index is 13.8. The number of amides is 2. The number of para-hydroxylation sites is 1. The molecule has 6 nitrogen and oxygen atoms in total. The number of carbonyl (C=O) groups excluding carboxylic acids is 2. The van der Waals surface area contributed by atoms with Gasteiger partial charge >= 0.3 is 6.09 Å². The molecule has 1 aromatic rings. The lowest BCUT2D eigenvalue weighted by atomic mass is 9.90. The van der Waals surface area contributed by atoms with Crippen LogP contribution in [-0.2, 0) is 16.0 Å². The van der Waals surface area contributed by atoms with Gasteiger partial charge in [0.05, 0.1) is 6.04 Å². The first kappa shape index (κ1) is 23.0. The van der Waals surface area contributed by atoms with Crippen LogP contribution in [0.4, 0.5) is 10.5 Å². The average molecular weight is 426 g/mol. The molecule has 0 bridgehead atoms. The van der Waals surface area contributed by atoms with Crippen LogP contribution >= 0.6 is 0 Å². The summed E-state index contributed by atoms with van der Waals surface area (Å²) in [6, 6.07) is 7.28. The predicted octanol–water partition coefficient (Wildman–Crippen LogP) is 5.17. The number of aliphatic imine (C=N–C) groups is 1. The molecular formula is C25H35N3O3. The standard InChI is InChI=1S/C25H35N3O3/c1-6-10-17-15-20(26-16-17)22-14-13-18-11-8-9-12-21(18)28(22)23(29)19(7-2)27-24(30)31-25(3,4)5/h8-9,11-12,16,19,22H,6-7,10,13-15H2,1-5H3,(H,27,30). The van der Waals surface area contributed by atoms with Gasteiger partial charge in [0, 0.05) is 24.0 Å². The predicted molar refractivity (Wildman–Crippen MR) is 125 cm³/mol. The van der Waals surface area contributed by atoms with Crippen molar-refractivity contribution in [2.45, 2.75) is 90.8 Å². The van der Waals surface area contributed by atoms with Gasteiger partial charge in [-0.05, 0) is 63.7 Å². The van der Waals surface area contributed by atoms with Crippen molar-refractivity contribution in [1.29, 1.82) is 0 Å². The molecule has 0 fully saturated rings. The number of benzene rings is 1. The Labute approximate surface area is 185 Å². The minimum absolute atomic E-state index is 0.0949. The zero-order chi connectivity index (χ0) is 22.6. The second kappa shape index (κ2) is 9.67. The highest BCUT2D eigenvalue weighted by molar-refractivity contribution is 6.08. The summed E-state index contributed by atoms with van der Waals surface area (Å²) >= 11 is 0. The van der Waals surface area contributed by atoms with Gasteiger partial charge in [-0.3, -0.25) is 9.79 Å². The highest BCUT2D eigenvalue weighted by Gasteiger charge is 2.38. The van der Waals surface area contributed by atoms with Crippen LogP contribution in [0.25, 0.3) is 0 Å². The van der Waals surface area contributed by atoms with Gasteiger partial charge < -0.3 is 15.0 Å². The van der Waals surface area contributed by atoms with Gasteiger partial charge in [0.25, 0.3) is 0 Å². The van der Waals surface area contributed by atoms with Gasteiger partial charge in [0.2, 0.25) is 5.91 Å². The Hall–Kier alpha value is -2.63. The third-order valence-corrected chi connectivity index (χ3v) is 5.66. The largest absolute Gasteiger partial charge is 0.444 e. The molecule has 0 saturated heterocycles. The highest BCUT2D eigenvalue weighted by atomic mass is 16.6. The Bertz CT molecular complexity index is 882. The van der Waals surface area contributed by atoms with Crippen molar-refractivity contribution in [3.8, 4) is 0 Å². The first-order chi connectivity index (χ1) is 14.7. The van der Waals surface area contributed by atoms with E-state index in [0.717, 1.165) is 49.1 Å². The molecule has 31 heavy (non-hydrogen) atoms. The number of anilines is 1. The molecule has 0 aliphatic carbocycles. The van der Waals surface area contributed by atoms with Gasteiger partial charge in [0.15, 0.2) is 0 Å². The summed E-state index contributed by atoms with van der Waals surface area (Å²) in [5, 5.41) is 2.79. The van der Waals surface area contributed by atoms with E-state index in [2.05, 4.69) is 18.3 Å². The van der Waals surface area contributed by atoms with Crippen molar-refractivity contribution >= 4 is 23.4 Å². The van der Waals surface area contributed by atoms with Crippen LogP contribution < -0.4 is 10.2 Å². The summed E-state index contributed by atoms with van der Waals surface area (Å²) in [5.74, 6) is -0.114. The third-order valence-electron chi connectivity index (χ3n) is 5.66. The molecular weight excluding hydrogens is 390 g/mol. The van der Waals surface area contributed by atoms with Gasteiger partial charge in [-0.15, -0.1) is 0 Å². The SMILES string of the molecule is CCCC1=CN=C(C2CCc3ccccc3N2C(=O)C(CC)NC(=O)OC(C)(C)C)C1. The molecule has 2 unspecified atom stereocenters. The number of nitrogens with one attached hydrogen (secondary N) is 1. The fourth-order valence-corrected chi connectivity index (χ4v) is 4.27. The minimum atomic E-state index is -0.659. The number of carbonyl (C=O) groups is 2. The van der Waals surface area contributed by atoms with Crippen molar-refractivity contribution in [2.24, 2.45) is 4.99 Å². The summed E-state index contributed by atoms with van der Waals surface area (Å²) in [7, 11) is 0. The summed E-state index contributed by atoms with van der Waals surface area (Å²) in [6.45, 7) is 9.50. The first-order valence-electron chi connectivity index (χ1n) is 11.4. The van der Waals surface area contributed by atoms with E-state index in [9.17, 15) is 9.59 Å². The fourth-order valence-electron chi connectivity index (χ4n) is 4.27. The number of aryl methyl sites for hydroxylation is 1. The van der Waals surface area contributed by atoms with Crippen molar-refractivity contribution in [3.05, 3.63) is 41.6 Å². The molecule has 1 N–H and O–H groups in total. The van der Waals surface area contributed by atoms with Crippen LogP contribution in [-0.4, -0.2) is 35.4 Å². The number of hydrogen-bond acceptors (Lipinski definition) is 4. The van der Waals surface area contributed by atoms with Crippen LogP contribution in [0.2, 0.25) is 0 Å². The number of rotatable bonds is 6. The Morgan fingerprint density at radius 2 is 2.00 bits per heavy atom. The molecule has 2 aliphatic rings. The molecule has 168 valence electrons. The van der Waals surface area contributed by atoms with E-state index < -0.39 is 17.7 Å². The van der Waals surface area contributed by atoms with Crippen LogP contribution in [0.5, 0.6) is 0 Å². The van der Waals surface area contributed by atoms with Gasteiger partial charge in [-0.2, -0.15) is 0 Å². The third kappa shape index (κ3) is 5.54. The van der Waals surface area contributed by atoms with Crippen molar-refractivity contribution in [1.82, 2.24) is 5.32 Å². The van der Waals surface area contributed by atoms with E-state index in [1.165, 1.54) is 5.57 Å². The maximum Gasteiger partial charge on any atom is 0.408 e. The monoisotopic (exact) mass is 425 g/mol. The van der Waals surface area contributed by atoms with Crippen molar-refractivity contribution in [3.63, 3.8) is 0 Å². The summed E-state index contributed by atoms with van der Waals surface area (Å²) in [6.07, 6.45) is 6.55.